The van der Waals surface area contributed by atoms with Crippen molar-refractivity contribution in [1.29, 1.82) is 5.26 Å². The zero-order valence-electron chi connectivity index (χ0n) is 9.09. The number of pyridine rings is 1. The Kier molecular flexibility index (Phi) is 2.88. The summed E-state index contributed by atoms with van der Waals surface area (Å²) in [7, 11) is 0. The number of rotatable bonds is 2. The molecule has 0 atom stereocenters. The number of anilines is 1. The van der Waals surface area contributed by atoms with Crippen LogP contribution >= 0.6 is 0 Å². The van der Waals surface area contributed by atoms with Crippen molar-refractivity contribution in [2.45, 2.75) is 6.92 Å². The van der Waals surface area contributed by atoms with Crippen molar-refractivity contribution in [2.75, 3.05) is 11.9 Å². The Balaban J connectivity index is 2.80. The second-order valence-corrected chi connectivity index (χ2v) is 3.47. The molecular formula is C12H9F2N3. The van der Waals surface area contributed by atoms with Gasteiger partial charge in [-0.15, -0.1) is 0 Å². The minimum Gasteiger partial charge on any atom is -0.384 e. The number of nitriles is 1. The van der Waals surface area contributed by atoms with Crippen LogP contribution in [-0.2, 0) is 0 Å². The second kappa shape index (κ2) is 4.34. The average Bonchev–Trinajstić information content (AvgIpc) is 2.32. The molecule has 1 heterocycles. The van der Waals surface area contributed by atoms with Crippen LogP contribution in [0.4, 0.5) is 14.5 Å². The van der Waals surface area contributed by atoms with Gasteiger partial charge in [-0.1, -0.05) is 0 Å². The fraction of sp³-hybridized carbons (Fsp3) is 0.167. The van der Waals surface area contributed by atoms with Gasteiger partial charge in [-0.2, -0.15) is 5.26 Å². The van der Waals surface area contributed by atoms with Crippen LogP contribution in [0.25, 0.3) is 10.9 Å². The van der Waals surface area contributed by atoms with Gasteiger partial charge in [0, 0.05) is 24.2 Å². The first-order chi connectivity index (χ1) is 8.17. The Morgan fingerprint density at radius 2 is 2.06 bits per heavy atom. The van der Waals surface area contributed by atoms with Gasteiger partial charge in [-0.25, -0.2) is 8.78 Å². The van der Waals surface area contributed by atoms with Crippen LogP contribution in [0.5, 0.6) is 0 Å². The Morgan fingerprint density at radius 1 is 1.35 bits per heavy atom. The SMILES string of the molecule is CCNc1c(C#N)cnc2cc(F)c(F)cc12. The number of aromatic nitrogens is 1. The third-order valence-corrected chi connectivity index (χ3v) is 2.38. The first-order valence-corrected chi connectivity index (χ1v) is 5.09. The molecular weight excluding hydrogens is 224 g/mol. The van der Waals surface area contributed by atoms with Gasteiger partial charge in [0.1, 0.15) is 6.07 Å². The summed E-state index contributed by atoms with van der Waals surface area (Å²) in [5.41, 5.74) is 1.11. The highest BCUT2D eigenvalue weighted by Gasteiger charge is 2.11. The van der Waals surface area contributed by atoms with E-state index in [1.165, 1.54) is 6.20 Å². The lowest BCUT2D eigenvalue weighted by atomic mass is 10.1. The second-order valence-electron chi connectivity index (χ2n) is 3.47. The number of nitrogens with one attached hydrogen (secondary N) is 1. The molecule has 17 heavy (non-hydrogen) atoms. The van der Waals surface area contributed by atoms with Crippen LogP contribution in [0.3, 0.4) is 0 Å². The van der Waals surface area contributed by atoms with Crippen molar-refractivity contribution in [3.63, 3.8) is 0 Å². The summed E-state index contributed by atoms with van der Waals surface area (Å²) < 4.78 is 26.2. The summed E-state index contributed by atoms with van der Waals surface area (Å²) in [6.07, 6.45) is 1.34. The quantitative estimate of drug-likeness (QED) is 0.867. The number of fused-ring (bicyclic) bond motifs is 1. The lowest BCUT2D eigenvalue weighted by Gasteiger charge is -2.09. The highest BCUT2D eigenvalue weighted by molar-refractivity contribution is 5.94. The highest BCUT2D eigenvalue weighted by atomic mass is 19.2. The third kappa shape index (κ3) is 1.89. The van der Waals surface area contributed by atoms with Crippen LogP contribution in [0.2, 0.25) is 0 Å². The van der Waals surface area contributed by atoms with Gasteiger partial charge < -0.3 is 5.32 Å². The molecule has 0 saturated heterocycles. The minimum absolute atomic E-state index is 0.311. The first kappa shape index (κ1) is 11.3. The van der Waals surface area contributed by atoms with E-state index in [2.05, 4.69) is 10.3 Å². The number of nitrogens with zero attached hydrogens (tertiary/aromatic N) is 2. The topological polar surface area (TPSA) is 48.7 Å². The zero-order chi connectivity index (χ0) is 12.4. The van der Waals surface area contributed by atoms with Crippen LogP contribution in [0.15, 0.2) is 18.3 Å². The first-order valence-electron chi connectivity index (χ1n) is 5.09. The minimum atomic E-state index is -0.950. The molecule has 1 N–H and O–H groups in total. The van der Waals surface area contributed by atoms with E-state index in [1.807, 2.05) is 13.0 Å². The molecule has 86 valence electrons. The van der Waals surface area contributed by atoms with Gasteiger partial charge in [-0.3, -0.25) is 4.98 Å². The van der Waals surface area contributed by atoms with Crippen molar-refractivity contribution in [2.24, 2.45) is 0 Å². The predicted molar refractivity (Wildman–Crippen MR) is 60.5 cm³/mol. The maximum absolute atomic E-state index is 13.2. The molecule has 1 aromatic heterocycles. The average molecular weight is 233 g/mol. The van der Waals surface area contributed by atoms with Crippen LogP contribution < -0.4 is 5.32 Å². The van der Waals surface area contributed by atoms with Crippen LogP contribution in [0.1, 0.15) is 12.5 Å². The molecule has 0 spiro atoms. The van der Waals surface area contributed by atoms with E-state index >= 15 is 0 Å². The fourth-order valence-electron chi connectivity index (χ4n) is 1.64. The summed E-state index contributed by atoms with van der Waals surface area (Å²) >= 11 is 0. The van der Waals surface area contributed by atoms with E-state index < -0.39 is 11.6 Å². The van der Waals surface area contributed by atoms with Crippen LogP contribution in [-0.4, -0.2) is 11.5 Å². The summed E-state index contributed by atoms with van der Waals surface area (Å²) in [5.74, 6) is -1.90. The summed E-state index contributed by atoms with van der Waals surface area (Å²) in [4.78, 5) is 3.93. The molecule has 0 fully saturated rings. The van der Waals surface area contributed by atoms with E-state index in [9.17, 15) is 8.78 Å². The summed E-state index contributed by atoms with van der Waals surface area (Å²) in [6.45, 7) is 2.43. The van der Waals surface area contributed by atoms with E-state index in [0.29, 0.717) is 28.7 Å². The molecule has 0 aliphatic heterocycles. The lowest BCUT2D eigenvalue weighted by molar-refractivity contribution is 0.510. The molecule has 0 radical (unpaired) electrons. The van der Waals surface area contributed by atoms with Crippen molar-refractivity contribution in [3.05, 3.63) is 35.5 Å². The van der Waals surface area contributed by atoms with Gasteiger partial charge in [0.05, 0.1) is 16.8 Å². The summed E-state index contributed by atoms with van der Waals surface area (Å²) in [5, 5.41) is 12.3. The van der Waals surface area contributed by atoms with Gasteiger partial charge in [-0.05, 0) is 13.0 Å². The molecule has 3 nitrogen and oxygen atoms in total. The van der Waals surface area contributed by atoms with Crippen molar-refractivity contribution in [3.8, 4) is 6.07 Å². The van der Waals surface area contributed by atoms with E-state index in [0.717, 1.165) is 12.1 Å². The smallest absolute Gasteiger partial charge is 0.161 e. The van der Waals surface area contributed by atoms with Crippen molar-refractivity contribution in [1.82, 2.24) is 4.98 Å². The molecule has 0 aliphatic carbocycles. The lowest BCUT2D eigenvalue weighted by Crippen LogP contribution is -2.02. The molecule has 0 unspecified atom stereocenters. The standard InChI is InChI=1S/C12H9F2N3/c1-2-16-12-7(5-15)6-17-11-4-10(14)9(13)3-8(11)12/h3-4,6H,2H2,1H3,(H,16,17). The molecule has 0 bridgehead atoms. The molecule has 2 aromatic rings. The van der Waals surface area contributed by atoms with Gasteiger partial charge in [0.15, 0.2) is 11.6 Å². The Hall–Kier alpha value is -2.22. The van der Waals surface area contributed by atoms with Gasteiger partial charge in [0.2, 0.25) is 0 Å². The molecule has 2 rings (SSSR count). The number of hydrogen-bond acceptors (Lipinski definition) is 3. The van der Waals surface area contributed by atoms with Gasteiger partial charge in [0.25, 0.3) is 0 Å². The normalized spacial score (nSPS) is 10.2. The van der Waals surface area contributed by atoms with E-state index in [-0.39, 0.29) is 0 Å². The molecule has 0 saturated carbocycles. The van der Waals surface area contributed by atoms with E-state index in [4.69, 9.17) is 5.26 Å². The van der Waals surface area contributed by atoms with Gasteiger partial charge >= 0.3 is 0 Å². The Morgan fingerprint density at radius 3 is 2.71 bits per heavy atom. The fourth-order valence-corrected chi connectivity index (χ4v) is 1.64. The number of halogens is 2. The number of benzene rings is 1. The Labute approximate surface area is 96.7 Å². The highest BCUT2D eigenvalue weighted by Crippen LogP contribution is 2.27. The van der Waals surface area contributed by atoms with Crippen molar-refractivity contribution < 1.29 is 8.78 Å². The third-order valence-electron chi connectivity index (χ3n) is 2.38. The largest absolute Gasteiger partial charge is 0.384 e. The molecule has 1 aromatic carbocycles. The maximum atomic E-state index is 13.2. The molecule has 5 heteroatoms. The van der Waals surface area contributed by atoms with Crippen LogP contribution in [0, 0.1) is 23.0 Å². The molecule has 0 amide bonds. The monoisotopic (exact) mass is 233 g/mol. The van der Waals surface area contributed by atoms with Crippen molar-refractivity contribution >= 4 is 16.6 Å². The Bertz CT molecular complexity index is 617. The molecule has 0 aliphatic rings. The predicted octanol–water partition coefficient (Wildman–Crippen LogP) is 2.82. The zero-order valence-corrected chi connectivity index (χ0v) is 9.09. The number of hydrogen-bond donors (Lipinski definition) is 1. The van der Waals surface area contributed by atoms with E-state index in [1.54, 1.807) is 0 Å². The maximum Gasteiger partial charge on any atom is 0.161 e. The summed E-state index contributed by atoms with van der Waals surface area (Å²) in [6, 6.07) is 4.04.